The summed E-state index contributed by atoms with van der Waals surface area (Å²) in [5, 5.41) is 0. The summed E-state index contributed by atoms with van der Waals surface area (Å²) in [5.74, 6) is 0.188. The number of ether oxygens (including phenoxy) is 2. The summed E-state index contributed by atoms with van der Waals surface area (Å²) in [4.78, 5) is 0. The van der Waals surface area contributed by atoms with Crippen LogP contribution < -0.4 is 9.47 Å². The second-order valence-corrected chi connectivity index (χ2v) is 4.20. The second kappa shape index (κ2) is 6.35. The molecule has 0 N–H and O–H groups in total. The molecule has 0 amide bonds. The molecule has 2 aromatic rings. The maximum Gasteiger partial charge on any atom is 0.573 e. The maximum absolute atomic E-state index is 12.2. The highest BCUT2D eigenvalue weighted by atomic mass is 19.4. The third kappa shape index (κ3) is 4.56. The van der Waals surface area contributed by atoms with Crippen molar-refractivity contribution in [3.8, 4) is 11.5 Å². The summed E-state index contributed by atoms with van der Waals surface area (Å²) in [5.41, 5.74) is 1.43. The van der Waals surface area contributed by atoms with Crippen molar-refractivity contribution < 1.29 is 22.6 Å². The van der Waals surface area contributed by atoms with Gasteiger partial charge in [-0.1, -0.05) is 42.5 Å². The van der Waals surface area contributed by atoms with E-state index in [4.69, 9.17) is 4.74 Å². The van der Waals surface area contributed by atoms with Crippen LogP contribution >= 0.6 is 0 Å². The molecule has 0 atom stereocenters. The van der Waals surface area contributed by atoms with Crippen LogP contribution in [0, 0.1) is 0 Å². The van der Waals surface area contributed by atoms with Gasteiger partial charge in [0.15, 0.2) is 0 Å². The van der Waals surface area contributed by atoms with E-state index in [1.165, 1.54) is 25.3 Å². The zero-order valence-corrected chi connectivity index (χ0v) is 11.2. The molecular weight excluding hydrogens is 281 g/mol. The Balaban J connectivity index is 2.28. The molecule has 0 aromatic heterocycles. The summed E-state index contributed by atoms with van der Waals surface area (Å²) in [6.45, 7) is 0. The quantitative estimate of drug-likeness (QED) is 0.757. The predicted molar refractivity (Wildman–Crippen MR) is 75.0 cm³/mol. The van der Waals surface area contributed by atoms with Crippen LogP contribution in [-0.4, -0.2) is 13.5 Å². The van der Waals surface area contributed by atoms with Crippen molar-refractivity contribution >= 4 is 12.2 Å². The fraction of sp³-hybridized carbons (Fsp3) is 0.125. The van der Waals surface area contributed by atoms with E-state index < -0.39 is 6.36 Å². The first-order valence-electron chi connectivity index (χ1n) is 6.15. The standard InChI is InChI=1S/C16H13F3O2/c1-20-15-10-9-14(21-16(17,18)19)11-13(15)8-7-12-5-3-2-4-6-12/h2-11H,1H3/b8-7+. The van der Waals surface area contributed by atoms with Crippen molar-refractivity contribution in [1.29, 1.82) is 0 Å². The summed E-state index contributed by atoms with van der Waals surface area (Å²) in [6.07, 6.45) is -1.25. The molecule has 0 aliphatic carbocycles. The lowest BCUT2D eigenvalue weighted by Gasteiger charge is -2.11. The number of benzene rings is 2. The first kappa shape index (κ1) is 15.0. The maximum atomic E-state index is 12.2. The molecule has 0 bridgehead atoms. The van der Waals surface area contributed by atoms with Gasteiger partial charge >= 0.3 is 6.36 Å². The number of alkyl halides is 3. The van der Waals surface area contributed by atoms with Crippen LogP contribution in [0.5, 0.6) is 11.5 Å². The minimum absolute atomic E-state index is 0.281. The first-order valence-corrected chi connectivity index (χ1v) is 6.15. The van der Waals surface area contributed by atoms with Crippen LogP contribution in [-0.2, 0) is 0 Å². The molecule has 0 fully saturated rings. The minimum atomic E-state index is -4.71. The van der Waals surface area contributed by atoms with Crippen molar-refractivity contribution in [2.24, 2.45) is 0 Å². The molecule has 5 heteroatoms. The first-order chi connectivity index (χ1) is 9.98. The fourth-order valence-corrected chi connectivity index (χ4v) is 1.79. The number of methoxy groups -OCH3 is 1. The molecule has 0 unspecified atom stereocenters. The molecule has 110 valence electrons. The monoisotopic (exact) mass is 294 g/mol. The average Bonchev–Trinajstić information content (AvgIpc) is 2.45. The number of halogens is 3. The lowest BCUT2D eigenvalue weighted by molar-refractivity contribution is -0.274. The molecular formula is C16H13F3O2. The largest absolute Gasteiger partial charge is 0.573 e. The Morgan fingerprint density at radius 2 is 1.67 bits per heavy atom. The van der Waals surface area contributed by atoms with Gasteiger partial charge in [-0.25, -0.2) is 0 Å². The Morgan fingerprint density at radius 3 is 2.29 bits per heavy atom. The topological polar surface area (TPSA) is 18.5 Å². The van der Waals surface area contributed by atoms with E-state index >= 15 is 0 Å². The van der Waals surface area contributed by atoms with Crippen LogP contribution in [0.15, 0.2) is 48.5 Å². The molecule has 0 radical (unpaired) electrons. The van der Waals surface area contributed by atoms with E-state index in [1.807, 2.05) is 30.3 Å². The number of hydrogen-bond donors (Lipinski definition) is 0. The van der Waals surface area contributed by atoms with Gasteiger partial charge in [-0.3, -0.25) is 0 Å². The molecule has 0 spiro atoms. The van der Waals surface area contributed by atoms with Gasteiger partial charge in [0.1, 0.15) is 11.5 Å². The van der Waals surface area contributed by atoms with Crippen LogP contribution in [0.25, 0.3) is 12.2 Å². The predicted octanol–water partition coefficient (Wildman–Crippen LogP) is 4.76. The third-order valence-electron chi connectivity index (χ3n) is 2.69. The summed E-state index contributed by atoms with van der Waals surface area (Å²) < 4.78 is 45.7. The highest BCUT2D eigenvalue weighted by Gasteiger charge is 2.31. The molecule has 2 rings (SSSR count). The Labute approximate surface area is 120 Å². The van der Waals surface area contributed by atoms with Gasteiger partial charge in [-0.15, -0.1) is 13.2 Å². The molecule has 0 heterocycles. The van der Waals surface area contributed by atoms with Crippen LogP contribution in [0.2, 0.25) is 0 Å². The van der Waals surface area contributed by atoms with Gasteiger partial charge < -0.3 is 9.47 Å². The lowest BCUT2D eigenvalue weighted by atomic mass is 10.1. The van der Waals surface area contributed by atoms with E-state index in [0.717, 1.165) is 5.56 Å². The van der Waals surface area contributed by atoms with Crippen molar-refractivity contribution in [2.45, 2.75) is 6.36 Å². The lowest BCUT2D eigenvalue weighted by Crippen LogP contribution is -2.17. The third-order valence-corrected chi connectivity index (χ3v) is 2.69. The SMILES string of the molecule is COc1ccc(OC(F)(F)F)cc1/C=C/c1ccccc1. The van der Waals surface area contributed by atoms with Gasteiger partial charge in [0.25, 0.3) is 0 Å². The Morgan fingerprint density at radius 1 is 0.952 bits per heavy atom. The second-order valence-electron chi connectivity index (χ2n) is 4.20. The highest BCUT2D eigenvalue weighted by Crippen LogP contribution is 2.29. The molecule has 2 nitrogen and oxygen atoms in total. The molecule has 0 saturated carbocycles. The summed E-state index contributed by atoms with van der Waals surface area (Å²) in [6, 6.07) is 13.3. The molecule has 0 saturated heterocycles. The summed E-state index contributed by atoms with van der Waals surface area (Å²) >= 11 is 0. The molecule has 2 aromatic carbocycles. The van der Waals surface area contributed by atoms with Gasteiger partial charge in [-0.05, 0) is 23.8 Å². The fourth-order valence-electron chi connectivity index (χ4n) is 1.79. The minimum Gasteiger partial charge on any atom is -0.496 e. The highest BCUT2D eigenvalue weighted by molar-refractivity contribution is 5.73. The number of hydrogen-bond acceptors (Lipinski definition) is 2. The van der Waals surface area contributed by atoms with Gasteiger partial charge in [0.2, 0.25) is 0 Å². The zero-order valence-electron chi connectivity index (χ0n) is 11.2. The molecule has 0 aliphatic heterocycles. The van der Waals surface area contributed by atoms with Gasteiger partial charge in [0, 0.05) is 5.56 Å². The van der Waals surface area contributed by atoms with Crippen molar-refractivity contribution in [1.82, 2.24) is 0 Å². The van der Waals surface area contributed by atoms with E-state index in [2.05, 4.69) is 4.74 Å². The van der Waals surface area contributed by atoms with Gasteiger partial charge in [-0.2, -0.15) is 0 Å². The van der Waals surface area contributed by atoms with Gasteiger partial charge in [0.05, 0.1) is 7.11 Å². The Kier molecular flexibility index (Phi) is 4.52. The van der Waals surface area contributed by atoms with Crippen LogP contribution in [0.3, 0.4) is 0 Å². The average molecular weight is 294 g/mol. The van der Waals surface area contributed by atoms with E-state index in [1.54, 1.807) is 12.2 Å². The van der Waals surface area contributed by atoms with Crippen molar-refractivity contribution in [2.75, 3.05) is 7.11 Å². The van der Waals surface area contributed by atoms with E-state index in [-0.39, 0.29) is 5.75 Å². The van der Waals surface area contributed by atoms with E-state index in [0.29, 0.717) is 11.3 Å². The Bertz CT molecular complexity index is 619. The molecule has 0 aliphatic rings. The van der Waals surface area contributed by atoms with Crippen molar-refractivity contribution in [3.05, 3.63) is 59.7 Å². The van der Waals surface area contributed by atoms with E-state index in [9.17, 15) is 13.2 Å². The van der Waals surface area contributed by atoms with Crippen LogP contribution in [0.1, 0.15) is 11.1 Å². The molecule has 21 heavy (non-hydrogen) atoms. The summed E-state index contributed by atoms with van der Waals surface area (Å²) in [7, 11) is 1.46. The number of rotatable bonds is 4. The zero-order chi connectivity index (χ0) is 15.3. The smallest absolute Gasteiger partial charge is 0.496 e. The van der Waals surface area contributed by atoms with Crippen LogP contribution in [0.4, 0.5) is 13.2 Å². The Hall–Kier alpha value is -2.43. The van der Waals surface area contributed by atoms with Crippen molar-refractivity contribution in [3.63, 3.8) is 0 Å². The normalized spacial score (nSPS) is 11.6.